The Morgan fingerprint density at radius 3 is 2.43 bits per heavy atom. The lowest BCUT2D eigenvalue weighted by Gasteiger charge is -2.12. The average Bonchev–Trinajstić information content (AvgIpc) is 2.66. The summed E-state index contributed by atoms with van der Waals surface area (Å²) in [6.07, 6.45) is -2.06. The van der Waals surface area contributed by atoms with Crippen LogP contribution in [0.25, 0.3) is 0 Å². The van der Waals surface area contributed by atoms with Gasteiger partial charge in [0.15, 0.2) is 5.96 Å². The number of aliphatic imine (C=N–C) groups is 1. The van der Waals surface area contributed by atoms with E-state index in [0.29, 0.717) is 37.9 Å². The Bertz CT molecular complexity index is 752. The van der Waals surface area contributed by atoms with Gasteiger partial charge < -0.3 is 15.4 Å². The first-order valence-electron chi connectivity index (χ1n) is 8.59. The summed E-state index contributed by atoms with van der Waals surface area (Å²) in [5, 5.41) is 6.32. The van der Waals surface area contributed by atoms with E-state index >= 15 is 0 Å². The third-order valence-corrected chi connectivity index (χ3v) is 3.76. The summed E-state index contributed by atoms with van der Waals surface area (Å²) >= 11 is 0. The molecular weight excluding hydrogens is 484 g/mol. The van der Waals surface area contributed by atoms with Crippen LogP contribution in [-0.2, 0) is 19.1 Å². The van der Waals surface area contributed by atoms with Crippen molar-refractivity contribution in [3.05, 3.63) is 59.3 Å². The number of hydrogen-bond acceptors (Lipinski definition) is 3. The molecule has 0 saturated carbocycles. The number of nitrogens with one attached hydrogen (secondary N) is 2. The molecule has 0 aliphatic rings. The van der Waals surface area contributed by atoms with Crippen LogP contribution < -0.4 is 15.4 Å². The van der Waals surface area contributed by atoms with Gasteiger partial charge in [-0.1, -0.05) is 12.1 Å². The molecule has 0 aliphatic carbocycles. The smallest absolute Gasteiger partial charge is 0.416 e. The van der Waals surface area contributed by atoms with E-state index in [1.54, 1.807) is 13.3 Å². The highest BCUT2D eigenvalue weighted by Gasteiger charge is 2.29. The molecule has 2 aromatic rings. The highest BCUT2D eigenvalue weighted by molar-refractivity contribution is 14.0. The average molecular weight is 508 g/mol. The molecule has 9 heteroatoms. The van der Waals surface area contributed by atoms with Crippen molar-refractivity contribution in [2.45, 2.75) is 26.1 Å². The van der Waals surface area contributed by atoms with Crippen molar-refractivity contribution >= 4 is 29.9 Å². The predicted molar refractivity (Wildman–Crippen MR) is 114 cm³/mol. The van der Waals surface area contributed by atoms with Gasteiger partial charge >= 0.3 is 6.18 Å². The monoisotopic (exact) mass is 508 g/mol. The Morgan fingerprint density at radius 1 is 1.11 bits per heavy atom. The SMILES string of the molecule is CCNC(=NCc1ccnc(OC)c1)NCCc1ccc(C(F)(F)F)cc1.I. The van der Waals surface area contributed by atoms with E-state index in [1.165, 1.54) is 12.1 Å². The number of alkyl halides is 3. The van der Waals surface area contributed by atoms with E-state index in [0.717, 1.165) is 23.3 Å². The Kier molecular flexibility index (Phi) is 10.0. The van der Waals surface area contributed by atoms with E-state index in [9.17, 15) is 13.2 Å². The molecule has 0 saturated heterocycles. The molecule has 0 aliphatic heterocycles. The van der Waals surface area contributed by atoms with Crippen molar-refractivity contribution in [2.75, 3.05) is 20.2 Å². The largest absolute Gasteiger partial charge is 0.481 e. The number of aromatic nitrogens is 1. The maximum absolute atomic E-state index is 12.6. The standard InChI is InChI=1S/C19H23F3N4O.HI/c1-3-23-18(26-13-15-9-10-24-17(12-15)27-2)25-11-8-14-4-6-16(7-5-14)19(20,21)22;/h4-7,9-10,12H,3,8,11,13H2,1-2H3,(H2,23,25,26);1H. The van der Waals surface area contributed by atoms with E-state index in [-0.39, 0.29) is 24.0 Å². The summed E-state index contributed by atoms with van der Waals surface area (Å²) < 4.78 is 42.9. The van der Waals surface area contributed by atoms with Crippen LogP contribution in [0.15, 0.2) is 47.6 Å². The van der Waals surface area contributed by atoms with Crippen molar-refractivity contribution in [1.82, 2.24) is 15.6 Å². The zero-order valence-corrected chi connectivity index (χ0v) is 18.0. The first-order valence-corrected chi connectivity index (χ1v) is 8.59. The highest BCUT2D eigenvalue weighted by Crippen LogP contribution is 2.29. The van der Waals surface area contributed by atoms with Crippen molar-refractivity contribution in [3.63, 3.8) is 0 Å². The number of rotatable bonds is 7. The fraction of sp³-hybridized carbons (Fsp3) is 0.368. The molecule has 0 radical (unpaired) electrons. The Labute approximate surface area is 179 Å². The van der Waals surface area contributed by atoms with E-state index in [1.807, 2.05) is 19.1 Å². The van der Waals surface area contributed by atoms with Gasteiger partial charge in [0.25, 0.3) is 0 Å². The van der Waals surface area contributed by atoms with Crippen LogP contribution in [-0.4, -0.2) is 31.1 Å². The predicted octanol–water partition coefficient (Wildman–Crippen LogP) is 4.02. The fourth-order valence-corrected chi connectivity index (χ4v) is 2.36. The van der Waals surface area contributed by atoms with Gasteiger partial charge in [-0.2, -0.15) is 13.2 Å². The second-order valence-corrected chi connectivity index (χ2v) is 5.77. The molecular formula is C19H24F3IN4O. The number of halogens is 4. The molecule has 2 N–H and O–H groups in total. The summed E-state index contributed by atoms with van der Waals surface area (Å²) in [5.74, 6) is 1.17. The zero-order valence-electron chi connectivity index (χ0n) is 15.7. The fourth-order valence-electron chi connectivity index (χ4n) is 2.36. The Hall–Kier alpha value is -2.04. The maximum atomic E-state index is 12.6. The zero-order chi connectivity index (χ0) is 19.7. The van der Waals surface area contributed by atoms with Crippen LogP contribution >= 0.6 is 24.0 Å². The van der Waals surface area contributed by atoms with Crippen molar-refractivity contribution in [1.29, 1.82) is 0 Å². The Balaban J connectivity index is 0.00000392. The summed E-state index contributed by atoms with van der Waals surface area (Å²) in [7, 11) is 1.56. The summed E-state index contributed by atoms with van der Waals surface area (Å²) in [6.45, 7) is 3.67. The molecule has 154 valence electrons. The van der Waals surface area contributed by atoms with Crippen LogP contribution in [0.2, 0.25) is 0 Å². The molecule has 1 heterocycles. The second kappa shape index (κ2) is 11.7. The van der Waals surface area contributed by atoms with Crippen LogP contribution in [0.3, 0.4) is 0 Å². The quantitative estimate of drug-likeness (QED) is 0.337. The molecule has 28 heavy (non-hydrogen) atoms. The molecule has 1 aromatic carbocycles. The van der Waals surface area contributed by atoms with Gasteiger partial charge in [0.05, 0.1) is 19.2 Å². The van der Waals surface area contributed by atoms with Gasteiger partial charge in [-0.25, -0.2) is 9.98 Å². The number of pyridine rings is 1. The van der Waals surface area contributed by atoms with Crippen LogP contribution in [0.1, 0.15) is 23.6 Å². The normalized spacial score (nSPS) is 11.5. The van der Waals surface area contributed by atoms with Crippen LogP contribution in [0.4, 0.5) is 13.2 Å². The highest BCUT2D eigenvalue weighted by atomic mass is 127. The Morgan fingerprint density at radius 2 is 1.82 bits per heavy atom. The molecule has 1 aromatic heterocycles. The molecule has 2 rings (SSSR count). The first-order chi connectivity index (χ1) is 12.9. The lowest BCUT2D eigenvalue weighted by Crippen LogP contribution is -2.38. The number of methoxy groups -OCH3 is 1. The van der Waals surface area contributed by atoms with E-state index in [4.69, 9.17) is 4.74 Å². The lowest BCUT2D eigenvalue weighted by atomic mass is 10.1. The summed E-state index contributed by atoms with van der Waals surface area (Å²) in [5.41, 5.74) is 1.15. The number of hydrogen-bond donors (Lipinski definition) is 2. The van der Waals surface area contributed by atoms with Gasteiger partial charge in [0.1, 0.15) is 0 Å². The van der Waals surface area contributed by atoms with Crippen molar-refractivity contribution in [2.24, 2.45) is 4.99 Å². The molecule has 0 unspecified atom stereocenters. The molecule has 0 bridgehead atoms. The molecule has 0 atom stereocenters. The number of benzene rings is 1. The van der Waals surface area contributed by atoms with Crippen molar-refractivity contribution < 1.29 is 17.9 Å². The first kappa shape index (κ1) is 24.0. The summed E-state index contributed by atoms with van der Waals surface area (Å²) in [4.78, 5) is 8.55. The number of nitrogens with zero attached hydrogens (tertiary/aromatic N) is 2. The van der Waals surface area contributed by atoms with Crippen molar-refractivity contribution in [3.8, 4) is 5.88 Å². The topological polar surface area (TPSA) is 58.5 Å². The summed E-state index contributed by atoms with van der Waals surface area (Å²) in [6, 6.07) is 8.87. The maximum Gasteiger partial charge on any atom is 0.416 e. The third kappa shape index (κ3) is 7.91. The third-order valence-electron chi connectivity index (χ3n) is 3.76. The van der Waals surface area contributed by atoms with Crippen LogP contribution in [0.5, 0.6) is 5.88 Å². The number of guanidine groups is 1. The molecule has 0 spiro atoms. The molecule has 0 amide bonds. The van der Waals surface area contributed by atoms with Gasteiger partial charge in [-0.05, 0) is 42.7 Å². The minimum absolute atomic E-state index is 0. The van der Waals surface area contributed by atoms with Gasteiger partial charge in [-0.3, -0.25) is 0 Å². The van der Waals surface area contributed by atoms with Gasteiger partial charge in [0, 0.05) is 25.4 Å². The van der Waals surface area contributed by atoms with E-state index in [2.05, 4.69) is 20.6 Å². The lowest BCUT2D eigenvalue weighted by molar-refractivity contribution is -0.137. The van der Waals surface area contributed by atoms with Gasteiger partial charge in [-0.15, -0.1) is 24.0 Å². The van der Waals surface area contributed by atoms with Crippen LogP contribution in [0, 0.1) is 0 Å². The van der Waals surface area contributed by atoms with E-state index < -0.39 is 11.7 Å². The molecule has 0 fully saturated rings. The number of ether oxygens (including phenoxy) is 1. The second-order valence-electron chi connectivity index (χ2n) is 5.77. The minimum Gasteiger partial charge on any atom is -0.481 e. The molecule has 5 nitrogen and oxygen atoms in total. The van der Waals surface area contributed by atoms with Gasteiger partial charge in [0.2, 0.25) is 5.88 Å². The minimum atomic E-state index is -4.31.